The van der Waals surface area contributed by atoms with Gasteiger partial charge >= 0.3 is 0 Å². The molecule has 0 aliphatic rings. The topological polar surface area (TPSA) is 73.3 Å². The van der Waals surface area contributed by atoms with Crippen LogP contribution < -0.4 is 14.8 Å². The van der Waals surface area contributed by atoms with Crippen LogP contribution in [-0.4, -0.2) is 30.1 Å². The van der Waals surface area contributed by atoms with Crippen LogP contribution in [0.25, 0.3) is 11.3 Å². The third kappa shape index (κ3) is 4.92. The Balaban J connectivity index is 1.65. The molecule has 0 aliphatic carbocycles. The molecule has 4 aromatic rings. The van der Waals surface area contributed by atoms with E-state index in [4.69, 9.17) is 14.5 Å². The Morgan fingerprint density at radius 1 is 0.844 bits per heavy atom. The number of hydrogen-bond acceptors (Lipinski definition) is 5. The lowest BCUT2D eigenvalue weighted by Crippen LogP contribution is -2.15. The first-order chi connectivity index (χ1) is 15.7. The zero-order chi connectivity index (χ0) is 22.3. The second-order valence-electron chi connectivity index (χ2n) is 7.12. The fraction of sp³-hybridized carbons (Fsp3) is 0.115. The Hall–Kier alpha value is -4.19. The minimum absolute atomic E-state index is 0.256. The second-order valence-corrected chi connectivity index (χ2v) is 7.12. The lowest BCUT2D eigenvalue weighted by atomic mass is 10.1. The molecule has 3 aromatic carbocycles. The van der Waals surface area contributed by atoms with Crippen LogP contribution in [0.5, 0.6) is 11.5 Å². The predicted molar refractivity (Wildman–Crippen MR) is 124 cm³/mol. The molecule has 0 saturated heterocycles. The molecule has 0 aliphatic heterocycles. The number of nitrogens with one attached hydrogen (secondary N) is 1. The van der Waals surface area contributed by atoms with Gasteiger partial charge in [0.15, 0.2) is 5.82 Å². The van der Waals surface area contributed by atoms with E-state index in [0.29, 0.717) is 29.2 Å². The van der Waals surface area contributed by atoms with Gasteiger partial charge in [-0.3, -0.25) is 4.79 Å². The average Bonchev–Trinajstić information content (AvgIpc) is 2.86. The number of ether oxygens (including phenoxy) is 2. The van der Waals surface area contributed by atoms with Gasteiger partial charge in [-0.15, -0.1) is 0 Å². The van der Waals surface area contributed by atoms with E-state index in [-0.39, 0.29) is 5.91 Å². The van der Waals surface area contributed by atoms with E-state index in [9.17, 15) is 4.79 Å². The summed E-state index contributed by atoms with van der Waals surface area (Å²) in [5, 5.41) is 2.91. The highest BCUT2D eigenvalue weighted by Gasteiger charge is 2.14. The Bertz CT molecular complexity index is 1190. The molecule has 0 saturated carbocycles. The van der Waals surface area contributed by atoms with Gasteiger partial charge in [-0.2, -0.15) is 0 Å². The summed E-state index contributed by atoms with van der Waals surface area (Å²) in [6.45, 7) is 0. The van der Waals surface area contributed by atoms with Crippen molar-refractivity contribution in [3.05, 3.63) is 102 Å². The minimum atomic E-state index is -0.256. The predicted octanol–water partition coefficient (Wildman–Crippen LogP) is 5.00. The van der Waals surface area contributed by atoms with Crippen LogP contribution in [0.4, 0.5) is 5.82 Å². The number of rotatable bonds is 7. The molecule has 0 atom stereocenters. The Labute approximate surface area is 186 Å². The molecule has 0 fully saturated rings. The first kappa shape index (κ1) is 21.1. The van der Waals surface area contributed by atoms with E-state index in [1.807, 2.05) is 54.6 Å². The maximum absolute atomic E-state index is 12.8. The van der Waals surface area contributed by atoms with Gasteiger partial charge in [-0.1, -0.05) is 30.3 Å². The molecule has 32 heavy (non-hydrogen) atoms. The maximum Gasteiger partial charge on any atom is 0.256 e. The maximum atomic E-state index is 12.8. The molecule has 0 bridgehead atoms. The molecule has 160 valence electrons. The molecular formula is C26H23N3O3. The molecule has 1 aromatic heterocycles. The van der Waals surface area contributed by atoms with E-state index in [0.717, 1.165) is 22.6 Å². The molecule has 1 N–H and O–H groups in total. The summed E-state index contributed by atoms with van der Waals surface area (Å²) in [5.41, 5.74) is 3.92. The molecule has 6 heteroatoms. The quantitative estimate of drug-likeness (QED) is 0.451. The van der Waals surface area contributed by atoms with Crippen LogP contribution in [0.1, 0.15) is 21.6 Å². The number of amides is 1. The number of carbonyl (C=O) groups excluding carboxylic acids is 1. The highest BCUT2D eigenvalue weighted by molar-refractivity contribution is 6.04. The third-order valence-corrected chi connectivity index (χ3v) is 5.03. The zero-order valence-corrected chi connectivity index (χ0v) is 17.9. The first-order valence-electron chi connectivity index (χ1n) is 10.2. The van der Waals surface area contributed by atoms with Crippen LogP contribution in [0, 0.1) is 0 Å². The number of hydrogen-bond donors (Lipinski definition) is 1. The Morgan fingerprint density at radius 3 is 2.09 bits per heavy atom. The van der Waals surface area contributed by atoms with Crippen molar-refractivity contribution in [3.8, 4) is 22.8 Å². The van der Waals surface area contributed by atoms with Crippen molar-refractivity contribution in [1.82, 2.24) is 9.97 Å². The Kier molecular flexibility index (Phi) is 6.41. The zero-order valence-electron chi connectivity index (χ0n) is 17.9. The first-order valence-corrected chi connectivity index (χ1v) is 10.2. The number of methoxy groups -OCH3 is 2. The highest BCUT2D eigenvalue weighted by Crippen LogP contribution is 2.24. The largest absolute Gasteiger partial charge is 0.497 e. The fourth-order valence-electron chi connectivity index (χ4n) is 3.27. The molecule has 1 heterocycles. The summed E-state index contributed by atoms with van der Waals surface area (Å²) in [6.07, 6.45) is 2.20. The van der Waals surface area contributed by atoms with Crippen LogP contribution in [0.2, 0.25) is 0 Å². The lowest BCUT2D eigenvalue weighted by Gasteiger charge is -2.12. The molecule has 0 radical (unpaired) electrons. The fourth-order valence-corrected chi connectivity index (χ4v) is 3.27. The van der Waals surface area contributed by atoms with Crippen LogP contribution in [0.3, 0.4) is 0 Å². The molecule has 0 unspecified atom stereocenters. The highest BCUT2D eigenvalue weighted by atomic mass is 16.5. The molecule has 0 spiro atoms. The van der Waals surface area contributed by atoms with Crippen molar-refractivity contribution in [2.45, 2.75) is 6.42 Å². The van der Waals surface area contributed by atoms with Gasteiger partial charge in [0, 0.05) is 17.5 Å². The number of carbonyl (C=O) groups is 1. The van der Waals surface area contributed by atoms with Gasteiger partial charge in [0.25, 0.3) is 5.91 Å². The number of benzene rings is 3. The van der Waals surface area contributed by atoms with Gasteiger partial charge in [0.1, 0.15) is 11.5 Å². The monoisotopic (exact) mass is 425 g/mol. The third-order valence-electron chi connectivity index (χ3n) is 5.03. The van der Waals surface area contributed by atoms with E-state index in [2.05, 4.69) is 10.3 Å². The summed E-state index contributed by atoms with van der Waals surface area (Å²) in [7, 11) is 3.22. The van der Waals surface area contributed by atoms with Gasteiger partial charge < -0.3 is 14.8 Å². The second kappa shape index (κ2) is 9.75. The minimum Gasteiger partial charge on any atom is -0.497 e. The summed E-state index contributed by atoms with van der Waals surface area (Å²) in [6, 6.07) is 24.5. The van der Waals surface area contributed by atoms with E-state index in [1.54, 1.807) is 44.7 Å². The summed E-state index contributed by atoms with van der Waals surface area (Å²) >= 11 is 0. The number of anilines is 1. The average molecular weight is 425 g/mol. The van der Waals surface area contributed by atoms with Crippen LogP contribution >= 0.6 is 0 Å². The van der Waals surface area contributed by atoms with Gasteiger partial charge in [-0.05, 0) is 54.1 Å². The van der Waals surface area contributed by atoms with Crippen molar-refractivity contribution in [2.75, 3.05) is 19.5 Å². The van der Waals surface area contributed by atoms with E-state index in [1.165, 1.54) is 0 Å². The van der Waals surface area contributed by atoms with Crippen molar-refractivity contribution in [1.29, 1.82) is 0 Å². The van der Waals surface area contributed by atoms with Crippen molar-refractivity contribution >= 4 is 11.7 Å². The van der Waals surface area contributed by atoms with Gasteiger partial charge in [0.05, 0.1) is 31.8 Å². The van der Waals surface area contributed by atoms with E-state index >= 15 is 0 Å². The molecule has 4 rings (SSSR count). The van der Waals surface area contributed by atoms with Crippen LogP contribution in [0.15, 0.2) is 85.1 Å². The SMILES string of the molecule is COc1ccc(C(=O)Nc2ncc(-c3ccc(OC)cc3)nc2Cc2ccccc2)cc1. The van der Waals surface area contributed by atoms with Crippen LogP contribution in [-0.2, 0) is 6.42 Å². The molecule has 6 nitrogen and oxygen atoms in total. The Morgan fingerprint density at radius 2 is 1.47 bits per heavy atom. The van der Waals surface area contributed by atoms with Crippen molar-refractivity contribution in [2.24, 2.45) is 0 Å². The smallest absolute Gasteiger partial charge is 0.256 e. The molecule has 1 amide bonds. The summed E-state index contributed by atoms with van der Waals surface area (Å²) < 4.78 is 10.4. The summed E-state index contributed by atoms with van der Waals surface area (Å²) in [4.78, 5) is 22.2. The lowest BCUT2D eigenvalue weighted by molar-refractivity contribution is 0.102. The van der Waals surface area contributed by atoms with Gasteiger partial charge in [-0.25, -0.2) is 9.97 Å². The van der Waals surface area contributed by atoms with E-state index < -0.39 is 0 Å². The van der Waals surface area contributed by atoms with Crippen molar-refractivity contribution < 1.29 is 14.3 Å². The molecular weight excluding hydrogens is 402 g/mol. The standard InChI is InChI=1S/C26H23N3O3/c1-31-21-12-8-19(9-13-21)24-17-27-25(23(28-24)16-18-6-4-3-5-7-18)29-26(30)20-10-14-22(32-2)15-11-20/h3-15,17H,16H2,1-2H3,(H,27,29,30). The van der Waals surface area contributed by atoms with Crippen molar-refractivity contribution in [3.63, 3.8) is 0 Å². The number of nitrogens with zero attached hydrogens (tertiary/aromatic N) is 2. The summed E-state index contributed by atoms with van der Waals surface area (Å²) in [5.74, 6) is 1.64. The normalized spacial score (nSPS) is 10.4. The number of aromatic nitrogens is 2. The van der Waals surface area contributed by atoms with Gasteiger partial charge in [0.2, 0.25) is 0 Å².